The number of aromatic nitrogens is 1. The number of rotatable bonds is 6. The molecule has 0 radical (unpaired) electrons. The van der Waals surface area contributed by atoms with E-state index in [0.717, 1.165) is 19.6 Å². The highest BCUT2D eigenvalue weighted by molar-refractivity contribution is 5.98. The van der Waals surface area contributed by atoms with Gasteiger partial charge in [0.15, 0.2) is 0 Å². The SMILES string of the molecule is CCN(CC)CC(C)NC(=O)c1cnccc1N. The Morgan fingerprint density at radius 2 is 2.17 bits per heavy atom. The summed E-state index contributed by atoms with van der Waals surface area (Å²) in [6.07, 6.45) is 3.07. The van der Waals surface area contributed by atoms with Crippen LogP contribution in [0.5, 0.6) is 0 Å². The maximum atomic E-state index is 12.0. The van der Waals surface area contributed by atoms with E-state index < -0.39 is 0 Å². The van der Waals surface area contributed by atoms with Crippen molar-refractivity contribution in [3.63, 3.8) is 0 Å². The van der Waals surface area contributed by atoms with Gasteiger partial charge in [-0.15, -0.1) is 0 Å². The first kappa shape index (κ1) is 14.4. The Bertz CT molecular complexity index is 390. The van der Waals surface area contributed by atoms with Crippen molar-refractivity contribution in [1.29, 1.82) is 0 Å². The average Bonchev–Trinajstić information content (AvgIpc) is 2.36. The molecule has 1 aromatic rings. The van der Waals surface area contributed by atoms with Gasteiger partial charge in [-0.1, -0.05) is 13.8 Å². The van der Waals surface area contributed by atoms with Gasteiger partial charge in [0.05, 0.1) is 5.56 Å². The van der Waals surface area contributed by atoms with Crippen LogP contribution in [0.15, 0.2) is 18.5 Å². The predicted octanol–water partition coefficient (Wildman–Crippen LogP) is 1.12. The minimum absolute atomic E-state index is 0.0806. The molecular formula is C13H22N4O. The Hall–Kier alpha value is -1.62. The molecule has 0 fully saturated rings. The molecule has 0 bridgehead atoms. The van der Waals surface area contributed by atoms with E-state index in [1.54, 1.807) is 12.3 Å². The summed E-state index contributed by atoms with van der Waals surface area (Å²) < 4.78 is 0. The van der Waals surface area contributed by atoms with Gasteiger partial charge in [-0.25, -0.2) is 0 Å². The second-order valence-electron chi connectivity index (χ2n) is 4.32. The molecule has 1 rings (SSSR count). The van der Waals surface area contributed by atoms with Crippen molar-refractivity contribution in [3.8, 4) is 0 Å². The van der Waals surface area contributed by atoms with Crippen LogP contribution in [0.3, 0.4) is 0 Å². The number of nitrogens with two attached hydrogens (primary N) is 1. The van der Waals surface area contributed by atoms with Crippen LogP contribution in [0.4, 0.5) is 5.69 Å². The van der Waals surface area contributed by atoms with Crippen LogP contribution in [0, 0.1) is 0 Å². The highest BCUT2D eigenvalue weighted by Gasteiger charge is 2.14. The van der Waals surface area contributed by atoms with Crippen LogP contribution in [-0.4, -0.2) is 41.5 Å². The number of carbonyl (C=O) groups is 1. The van der Waals surface area contributed by atoms with E-state index in [0.29, 0.717) is 11.3 Å². The standard InChI is InChI=1S/C13H22N4O/c1-4-17(5-2)9-10(3)16-13(18)11-8-15-7-6-12(11)14/h6-8,10H,4-5,9H2,1-3H3,(H2,14,15)(H,16,18). The largest absolute Gasteiger partial charge is 0.398 e. The number of anilines is 1. The fourth-order valence-corrected chi connectivity index (χ4v) is 1.81. The number of nitrogens with one attached hydrogen (secondary N) is 1. The van der Waals surface area contributed by atoms with Crippen molar-refractivity contribution in [1.82, 2.24) is 15.2 Å². The lowest BCUT2D eigenvalue weighted by atomic mass is 10.2. The molecule has 0 spiro atoms. The average molecular weight is 250 g/mol. The first-order valence-corrected chi connectivity index (χ1v) is 6.31. The first-order valence-electron chi connectivity index (χ1n) is 6.31. The lowest BCUT2D eigenvalue weighted by Gasteiger charge is -2.23. The van der Waals surface area contributed by atoms with Gasteiger partial charge < -0.3 is 16.0 Å². The van der Waals surface area contributed by atoms with Gasteiger partial charge >= 0.3 is 0 Å². The van der Waals surface area contributed by atoms with Crippen molar-refractivity contribution in [2.24, 2.45) is 0 Å². The number of nitrogens with zero attached hydrogens (tertiary/aromatic N) is 2. The fraction of sp³-hybridized carbons (Fsp3) is 0.538. The van der Waals surface area contributed by atoms with Crippen molar-refractivity contribution in [2.45, 2.75) is 26.8 Å². The summed E-state index contributed by atoms with van der Waals surface area (Å²) in [6, 6.07) is 1.71. The number of carbonyl (C=O) groups excluding carboxylic acids is 1. The summed E-state index contributed by atoms with van der Waals surface area (Å²) >= 11 is 0. The molecule has 18 heavy (non-hydrogen) atoms. The van der Waals surface area contributed by atoms with E-state index in [9.17, 15) is 4.79 Å². The van der Waals surface area contributed by atoms with Gasteiger partial charge in [0, 0.05) is 30.7 Å². The monoisotopic (exact) mass is 250 g/mol. The second-order valence-corrected chi connectivity index (χ2v) is 4.32. The number of likely N-dealkylation sites (N-methyl/N-ethyl adjacent to an activating group) is 1. The Labute approximate surface area is 108 Å². The third-order valence-corrected chi connectivity index (χ3v) is 2.90. The molecule has 1 aromatic heterocycles. The van der Waals surface area contributed by atoms with Crippen LogP contribution >= 0.6 is 0 Å². The van der Waals surface area contributed by atoms with Crippen LogP contribution < -0.4 is 11.1 Å². The van der Waals surface area contributed by atoms with Gasteiger partial charge in [0.25, 0.3) is 5.91 Å². The molecular weight excluding hydrogens is 228 g/mol. The molecule has 5 heteroatoms. The number of nitrogen functional groups attached to an aromatic ring is 1. The molecule has 1 heterocycles. The summed E-state index contributed by atoms with van der Waals surface area (Å²) in [7, 11) is 0. The Morgan fingerprint density at radius 3 is 2.72 bits per heavy atom. The van der Waals surface area contributed by atoms with E-state index in [2.05, 4.69) is 29.0 Å². The third kappa shape index (κ3) is 4.00. The molecule has 100 valence electrons. The quantitative estimate of drug-likeness (QED) is 0.794. The van der Waals surface area contributed by atoms with Gasteiger partial charge in [-0.2, -0.15) is 0 Å². The normalized spacial score (nSPS) is 12.4. The first-order chi connectivity index (χ1) is 8.58. The molecule has 1 amide bonds. The summed E-state index contributed by atoms with van der Waals surface area (Å²) in [5.41, 5.74) is 6.63. The van der Waals surface area contributed by atoms with Crippen molar-refractivity contribution in [3.05, 3.63) is 24.0 Å². The van der Waals surface area contributed by atoms with E-state index in [1.807, 2.05) is 6.92 Å². The highest BCUT2D eigenvalue weighted by atomic mass is 16.1. The third-order valence-electron chi connectivity index (χ3n) is 2.90. The van der Waals surface area contributed by atoms with E-state index in [4.69, 9.17) is 5.73 Å². The molecule has 0 saturated heterocycles. The van der Waals surface area contributed by atoms with E-state index >= 15 is 0 Å². The molecule has 0 aromatic carbocycles. The number of hydrogen-bond acceptors (Lipinski definition) is 4. The lowest BCUT2D eigenvalue weighted by molar-refractivity contribution is 0.0931. The second kappa shape index (κ2) is 6.96. The van der Waals surface area contributed by atoms with Crippen molar-refractivity contribution >= 4 is 11.6 Å². The number of hydrogen-bond donors (Lipinski definition) is 2. The van der Waals surface area contributed by atoms with Gasteiger partial charge in [0.2, 0.25) is 0 Å². The molecule has 0 saturated carbocycles. The van der Waals surface area contributed by atoms with Crippen LogP contribution in [0.1, 0.15) is 31.1 Å². The van der Waals surface area contributed by atoms with Crippen molar-refractivity contribution < 1.29 is 4.79 Å². The lowest BCUT2D eigenvalue weighted by Crippen LogP contribution is -2.42. The van der Waals surface area contributed by atoms with Crippen LogP contribution in [-0.2, 0) is 0 Å². The molecule has 0 aliphatic heterocycles. The van der Waals surface area contributed by atoms with Gasteiger partial charge in [-0.05, 0) is 26.1 Å². The predicted molar refractivity (Wildman–Crippen MR) is 73.4 cm³/mol. The molecule has 0 aliphatic rings. The minimum Gasteiger partial charge on any atom is -0.398 e. The topological polar surface area (TPSA) is 71.2 Å². The summed E-state index contributed by atoms with van der Waals surface area (Å²) in [5.74, 6) is -0.166. The van der Waals surface area contributed by atoms with E-state index in [-0.39, 0.29) is 11.9 Å². The van der Waals surface area contributed by atoms with Crippen molar-refractivity contribution in [2.75, 3.05) is 25.4 Å². The van der Waals surface area contributed by atoms with Gasteiger partial charge in [0.1, 0.15) is 0 Å². The summed E-state index contributed by atoms with van der Waals surface area (Å²) in [4.78, 5) is 18.2. The molecule has 3 N–H and O–H groups in total. The number of amides is 1. The zero-order chi connectivity index (χ0) is 13.5. The maximum Gasteiger partial charge on any atom is 0.255 e. The molecule has 1 atom stereocenters. The zero-order valence-corrected chi connectivity index (χ0v) is 11.3. The number of pyridine rings is 1. The van der Waals surface area contributed by atoms with Crippen LogP contribution in [0.25, 0.3) is 0 Å². The smallest absolute Gasteiger partial charge is 0.255 e. The Balaban J connectivity index is 2.57. The van der Waals surface area contributed by atoms with E-state index in [1.165, 1.54) is 6.20 Å². The Morgan fingerprint density at radius 1 is 1.50 bits per heavy atom. The highest BCUT2D eigenvalue weighted by Crippen LogP contribution is 2.08. The molecule has 5 nitrogen and oxygen atoms in total. The molecule has 0 aliphatic carbocycles. The Kier molecular flexibility index (Phi) is 5.58. The maximum absolute atomic E-state index is 12.0. The summed E-state index contributed by atoms with van der Waals surface area (Å²) in [5, 5.41) is 2.94. The molecule has 1 unspecified atom stereocenters. The van der Waals surface area contributed by atoms with Gasteiger partial charge in [-0.3, -0.25) is 9.78 Å². The fourth-order valence-electron chi connectivity index (χ4n) is 1.81. The van der Waals surface area contributed by atoms with Crippen LogP contribution in [0.2, 0.25) is 0 Å². The summed E-state index contributed by atoms with van der Waals surface area (Å²) in [6.45, 7) is 8.99. The zero-order valence-electron chi connectivity index (χ0n) is 11.3. The minimum atomic E-state index is -0.166.